The number of nitrogens with zero attached hydrogens (tertiary/aromatic N) is 3. The minimum absolute atomic E-state index is 0.184. The van der Waals surface area contributed by atoms with Crippen molar-refractivity contribution in [3.8, 4) is 0 Å². The number of aryl methyl sites for hydroxylation is 1. The summed E-state index contributed by atoms with van der Waals surface area (Å²) in [4.78, 5) is 2.38. The molecule has 0 amide bonds. The van der Waals surface area contributed by atoms with Gasteiger partial charge in [-0.1, -0.05) is 12.1 Å². The van der Waals surface area contributed by atoms with E-state index in [4.69, 9.17) is 4.74 Å². The van der Waals surface area contributed by atoms with E-state index in [9.17, 15) is 4.39 Å². The fourth-order valence-corrected chi connectivity index (χ4v) is 3.06. The van der Waals surface area contributed by atoms with E-state index in [-0.39, 0.29) is 11.9 Å². The number of ether oxygens (including phenoxy) is 1. The second-order valence-electron chi connectivity index (χ2n) is 6.44. The summed E-state index contributed by atoms with van der Waals surface area (Å²) in [6.07, 6.45) is 1.20. The first kappa shape index (κ1) is 16.1. The molecule has 0 atom stereocenters. The lowest BCUT2D eigenvalue weighted by Crippen LogP contribution is -2.31. The molecule has 3 rings (SSSR count). The molecule has 0 fully saturated rings. The maximum Gasteiger partial charge on any atom is 0.123 e. The lowest BCUT2D eigenvalue weighted by Gasteiger charge is -2.27. The quantitative estimate of drug-likeness (QED) is 0.849. The third kappa shape index (κ3) is 3.79. The van der Waals surface area contributed by atoms with Gasteiger partial charge < -0.3 is 4.74 Å². The summed E-state index contributed by atoms with van der Waals surface area (Å²) in [7, 11) is 2.00. The molecule has 0 unspecified atom stereocenters. The van der Waals surface area contributed by atoms with Gasteiger partial charge in [0.1, 0.15) is 5.82 Å². The number of hydrogen-bond donors (Lipinski definition) is 0. The first-order chi connectivity index (χ1) is 11.0. The number of halogens is 1. The largest absolute Gasteiger partial charge is 0.372 e. The van der Waals surface area contributed by atoms with Gasteiger partial charge in [0, 0.05) is 32.2 Å². The summed E-state index contributed by atoms with van der Waals surface area (Å²) < 4.78 is 20.7. The van der Waals surface area contributed by atoms with Crippen LogP contribution in [-0.4, -0.2) is 27.3 Å². The molecule has 0 aliphatic carbocycles. The van der Waals surface area contributed by atoms with Crippen molar-refractivity contribution >= 4 is 0 Å². The van der Waals surface area contributed by atoms with E-state index >= 15 is 0 Å². The highest BCUT2D eigenvalue weighted by Gasteiger charge is 2.23. The molecular weight excluding hydrogens is 293 g/mol. The molecule has 5 heteroatoms. The van der Waals surface area contributed by atoms with Crippen molar-refractivity contribution in [3.63, 3.8) is 0 Å². The van der Waals surface area contributed by atoms with Crippen molar-refractivity contribution in [1.29, 1.82) is 0 Å². The number of fused-ring (bicyclic) bond motifs is 1. The fraction of sp³-hybridized carbons (Fsp3) is 0.500. The van der Waals surface area contributed by atoms with Crippen LogP contribution in [-0.2, 0) is 37.9 Å². The monoisotopic (exact) mass is 317 g/mol. The zero-order valence-electron chi connectivity index (χ0n) is 14.1. The van der Waals surface area contributed by atoms with E-state index in [2.05, 4.69) is 10.00 Å². The van der Waals surface area contributed by atoms with Crippen molar-refractivity contribution in [1.82, 2.24) is 14.7 Å². The van der Waals surface area contributed by atoms with Gasteiger partial charge in [-0.15, -0.1) is 0 Å². The van der Waals surface area contributed by atoms with Gasteiger partial charge in [0.15, 0.2) is 0 Å². The highest BCUT2D eigenvalue weighted by Crippen LogP contribution is 2.24. The SMILES string of the molecule is CC(C)OCc1nn(C)c2c1CCN(Cc1ccc(F)cc1)C2. The molecule has 124 valence electrons. The van der Waals surface area contributed by atoms with Gasteiger partial charge >= 0.3 is 0 Å². The molecule has 1 aliphatic rings. The van der Waals surface area contributed by atoms with E-state index in [0.29, 0.717) is 6.61 Å². The van der Waals surface area contributed by atoms with Crippen LogP contribution >= 0.6 is 0 Å². The molecule has 0 saturated carbocycles. The predicted molar refractivity (Wildman–Crippen MR) is 87.4 cm³/mol. The van der Waals surface area contributed by atoms with Crippen LogP contribution in [0.4, 0.5) is 4.39 Å². The molecule has 1 aromatic carbocycles. The van der Waals surface area contributed by atoms with Crippen molar-refractivity contribution in [2.45, 2.75) is 46.1 Å². The van der Waals surface area contributed by atoms with Crippen LogP contribution < -0.4 is 0 Å². The van der Waals surface area contributed by atoms with Gasteiger partial charge in [-0.25, -0.2) is 4.39 Å². The number of benzene rings is 1. The van der Waals surface area contributed by atoms with Crippen LogP contribution in [0.15, 0.2) is 24.3 Å². The molecule has 0 saturated heterocycles. The van der Waals surface area contributed by atoms with Gasteiger partial charge in [-0.2, -0.15) is 5.10 Å². The van der Waals surface area contributed by atoms with Crippen molar-refractivity contribution in [2.75, 3.05) is 6.54 Å². The molecule has 23 heavy (non-hydrogen) atoms. The van der Waals surface area contributed by atoms with Gasteiger partial charge in [-0.05, 0) is 38.0 Å². The zero-order valence-corrected chi connectivity index (χ0v) is 14.1. The summed E-state index contributed by atoms with van der Waals surface area (Å²) in [5.74, 6) is -0.184. The second kappa shape index (κ2) is 6.81. The molecule has 0 radical (unpaired) electrons. The summed E-state index contributed by atoms with van der Waals surface area (Å²) in [5, 5.41) is 4.63. The van der Waals surface area contributed by atoms with E-state index in [0.717, 1.165) is 37.3 Å². The predicted octanol–water partition coefficient (Wildman–Crippen LogP) is 3.04. The average molecular weight is 317 g/mol. The van der Waals surface area contributed by atoms with Gasteiger partial charge in [0.2, 0.25) is 0 Å². The van der Waals surface area contributed by atoms with E-state index < -0.39 is 0 Å². The van der Waals surface area contributed by atoms with Crippen LogP contribution in [0.5, 0.6) is 0 Å². The van der Waals surface area contributed by atoms with E-state index in [1.54, 1.807) is 0 Å². The van der Waals surface area contributed by atoms with Crippen LogP contribution in [0.25, 0.3) is 0 Å². The van der Waals surface area contributed by atoms with Crippen LogP contribution in [0.1, 0.15) is 36.4 Å². The third-order valence-corrected chi connectivity index (χ3v) is 4.28. The smallest absolute Gasteiger partial charge is 0.123 e. The lowest BCUT2D eigenvalue weighted by atomic mass is 10.0. The Bertz CT molecular complexity index is 664. The van der Waals surface area contributed by atoms with Crippen LogP contribution in [0.2, 0.25) is 0 Å². The van der Waals surface area contributed by atoms with Crippen molar-refractivity contribution < 1.29 is 9.13 Å². The summed E-state index contributed by atoms with van der Waals surface area (Å²) in [5.41, 5.74) is 4.81. The molecule has 0 bridgehead atoms. The maximum atomic E-state index is 13.0. The van der Waals surface area contributed by atoms with Gasteiger partial charge in [0.25, 0.3) is 0 Å². The summed E-state index contributed by atoms with van der Waals surface area (Å²) in [6.45, 7) is 7.36. The minimum atomic E-state index is -0.184. The first-order valence-electron chi connectivity index (χ1n) is 8.15. The third-order valence-electron chi connectivity index (χ3n) is 4.28. The van der Waals surface area contributed by atoms with Crippen molar-refractivity contribution in [2.24, 2.45) is 7.05 Å². The normalized spacial score (nSPS) is 15.2. The molecular formula is C18H24FN3O. The van der Waals surface area contributed by atoms with E-state index in [1.807, 2.05) is 37.7 Å². The zero-order chi connectivity index (χ0) is 16.4. The molecule has 1 aliphatic heterocycles. The maximum absolute atomic E-state index is 13.0. The minimum Gasteiger partial charge on any atom is -0.372 e. The highest BCUT2D eigenvalue weighted by molar-refractivity contribution is 5.29. The average Bonchev–Trinajstić information content (AvgIpc) is 2.84. The second-order valence-corrected chi connectivity index (χ2v) is 6.44. The molecule has 4 nitrogen and oxygen atoms in total. The Hall–Kier alpha value is -1.72. The van der Waals surface area contributed by atoms with E-state index in [1.165, 1.54) is 23.4 Å². The molecule has 2 aromatic rings. The summed E-state index contributed by atoms with van der Waals surface area (Å²) in [6, 6.07) is 6.76. The number of aromatic nitrogens is 2. The Labute approximate surface area is 136 Å². The molecule has 0 N–H and O–H groups in total. The Morgan fingerprint density at radius 1 is 1.26 bits per heavy atom. The van der Waals surface area contributed by atoms with Gasteiger partial charge in [0.05, 0.1) is 24.1 Å². The van der Waals surface area contributed by atoms with Crippen molar-refractivity contribution in [3.05, 3.63) is 52.6 Å². The molecule has 2 heterocycles. The lowest BCUT2D eigenvalue weighted by molar-refractivity contribution is 0.0627. The Kier molecular flexibility index (Phi) is 4.78. The fourth-order valence-electron chi connectivity index (χ4n) is 3.06. The van der Waals surface area contributed by atoms with Crippen LogP contribution in [0.3, 0.4) is 0 Å². The highest BCUT2D eigenvalue weighted by atomic mass is 19.1. The number of hydrogen-bond acceptors (Lipinski definition) is 3. The molecule has 1 aromatic heterocycles. The topological polar surface area (TPSA) is 30.3 Å². The standard InChI is InChI=1S/C18H24FN3O/c1-13(2)23-12-17-16-8-9-22(11-18(16)21(3)20-17)10-14-4-6-15(19)7-5-14/h4-7,13H,8-12H2,1-3H3. The summed E-state index contributed by atoms with van der Waals surface area (Å²) >= 11 is 0. The Morgan fingerprint density at radius 3 is 2.70 bits per heavy atom. The van der Waals surface area contributed by atoms with Crippen LogP contribution in [0, 0.1) is 5.82 Å². The molecule has 0 spiro atoms. The number of rotatable bonds is 5. The Morgan fingerprint density at radius 2 is 2.00 bits per heavy atom. The first-order valence-corrected chi connectivity index (χ1v) is 8.15. The van der Waals surface area contributed by atoms with Gasteiger partial charge in [-0.3, -0.25) is 9.58 Å². The Balaban J connectivity index is 1.69.